The van der Waals surface area contributed by atoms with Crippen LogP contribution >= 0.6 is 0 Å². The van der Waals surface area contributed by atoms with Crippen molar-refractivity contribution in [1.29, 1.82) is 0 Å². The number of esters is 8. The normalized spacial score (nSPS) is 26.2. The predicted octanol–water partition coefficient (Wildman–Crippen LogP) is 4.26. The average Bonchev–Trinajstić information content (AvgIpc) is 3.19. The van der Waals surface area contributed by atoms with Crippen molar-refractivity contribution >= 4 is 47.8 Å². The molecule has 2 aliphatic heterocycles. The Morgan fingerprint density at radius 3 is 0.746 bits per heavy atom. The summed E-state index contributed by atoms with van der Waals surface area (Å²) in [5.41, 5.74) is 0. The first-order valence-corrected chi connectivity index (χ1v) is 21.7. The minimum atomic E-state index is -1.89. The largest absolute Gasteiger partial charge is 0.463 e. The van der Waals surface area contributed by atoms with Gasteiger partial charge in [-0.05, 0) is 0 Å². The molecule has 0 aromatic heterocycles. The van der Waals surface area contributed by atoms with Gasteiger partial charge in [-0.1, -0.05) is 111 Å². The Morgan fingerprint density at radius 2 is 0.524 bits per heavy atom. The van der Waals surface area contributed by atoms with Crippen LogP contribution in [0.25, 0.3) is 0 Å². The van der Waals surface area contributed by atoms with Gasteiger partial charge in [0.05, 0.1) is 47.3 Å². The first-order valence-electron chi connectivity index (χ1n) is 21.7. The fourth-order valence-electron chi connectivity index (χ4n) is 5.46. The third-order valence-corrected chi connectivity index (χ3v) is 9.52. The molecule has 0 amide bonds. The van der Waals surface area contributed by atoms with Crippen LogP contribution in [0.4, 0.5) is 0 Å². The summed E-state index contributed by atoms with van der Waals surface area (Å²) in [5, 5.41) is 0. The fraction of sp³-hybridized carbons (Fsp3) is 0.818. The summed E-state index contributed by atoms with van der Waals surface area (Å²) in [6.45, 7) is 23.7. The van der Waals surface area contributed by atoms with Gasteiger partial charge in [-0.3, -0.25) is 38.4 Å². The molecule has 2 heterocycles. The second-order valence-electron chi connectivity index (χ2n) is 18.1. The number of hydrogen-bond acceptors (Lipinski definition) is 19. The van der Waals surface area contributed by atoms with Crippen LogP contribution in [-0.4, -0.2) is 122 Å². The van der Waals surface area contributed by atoms with Crippen molar-refractivity contribution in [3.63, 3.8) is 0 Å². The molecule has 10 atom stereocenters. The summed E-state index contributed by atoms with van der Waals surface area (Å²) in [7, 11) is 0. The summed E-state index contributed by atoms with van der Waals surface area (Å²) in [6.07, 6.45) is -16.8. The lowest BCUT2D eigenvalue weighted by molar-refractivity contribution is -0.378. The van der Waals surface area contributed by atoms with Crippen molar-refractivity contribution < 1.29 is 90.5 Å². The quantitative estimate of drug-likeness (QED) is 0.123. The first-order chi connectivity index (χ1) is 29.2. The molecule has 0 spiro atoms. The van der Waals surface area contributed by atoms with Gasteiger partial charge >= 0.3 is 47.8 Å². The number of ether oxygens (including phenoxy) is 11. The summed E-state index contributed by atoms with van der Waals surface area (Å²) >= 11 is 0. The molecule has 2 aliphatic rings. The summed E-state index contributed by atoms with van der Waals surface area (Å²) in [4.78, 5) is 106. The highest BCUT2D eigenvalue weighted by Gasteiger charge is 2.59. The Hall–Kier alpha value is -4.36. The molecule has 0 N–H and O–H groups in total. The molecule has 2 saturated heterocycles. The highest BCUT2D eigenvalue weighted by molar-refractivity contribution is 5.75. The smallest absolute Gasteiger partial charge is 0.308 e. The topological polar surface area (TPSA) is 238 Å². The van der Waals surface area contributed by atoms with E-state index >= 15 is 0 Å². The zero-order valence-corrected chi connectivity index (χ0v) is 39.6. The summed E-state index contributed by atoms with van der Waals surface area (Å²) < 4.78 is 65.9. The van der Waals surface area contributed by atoms with E-state index in [1.165, 1.54) is 27.7 Å². The first kappa shape index (κ1) is 54.8. The van der Waals surface area contributed by atoms with Crippen molar-refractivity contribution in [3.05, 3.63) is 0 Å². The maximum absolute atomic E-state index is 13.5. The standard InChI is InChI=1S/C44H70O19/c1-19(2)35(45)53-17-27-29(57-37(47)21(5)6)31(59-39(49)23(9)10)33(61-41(51)25(13)14)43(55-27)63-44-34(62-42(52)26(15)16)32(60-40(50)24(11)12)30(58-38(48)22(7)8)28(56-44)18-54-36(46)20(3)4/h19-34,43-44H,17-18H2,1-16H3/t27-,28+,29-,30+,31+,32-,33-,34+,43-,44+. The lowest BCUT2D eigenvalue weighted by atomic mass is 9.96. The number of carbonyl (C=O) groups is 8. The number of hydrogen-bond donors (Lipinski definition) is 0. The Bertz CT molecular complexity index is 1470. The maximum atomic E-state index is 13.5. The molecule has 360 valence electrons. The SMILES string of the molecule is CC(C)C(=O)OC[C@@H]1O[C@@H](O[C@H]2O[C@H](COC(=O)C(C)C)[C@@H](OC(=O)C(C)C)[C@H](OC(=O)C(C)C)[C@H]2OC(=O)C(C)C)[C@@H](OC(=O)C(C)C)[C@H](OC(=O)C(C)C)[C@H]1OC(=O)C(C)C. The minimum absolute atomic E-state index is 0.597. The molecule has 0 unspecified atom stereocenters. The lowest BCUT2D eigenvalue weighted by Gasteiger charge is -2.48. The molecule has 2 fully saturated rings. The van der Waals surface area contributed by atoms with Crippen LogP contribution < -0.4 is 0 Å². The van der Waals surface area contributed by atoms with Crippen molar-refractivity contribution in [1.82, 2.24) is 0 Å². The number of carbonyl (C=O) groups excluding carboxylic acids is 8. The molecule has 0 radical (unpaired) electrons. The molecule has 0 bridgehead atoms. The van der Waals surface area contributed by atoms with Crippen LogP contribution in [0.5, 0.6) is 0 Å². The molecule has 0 aliphatic carbocycles. The molecule has 19 heteroatoms. The summed E-state index contributed by atoms with van der Waals surface area (Å²) in [6, 6.07) is 0. The molecule has 2 rings (SSSR count). The lowest BCUT2D eigenvalue weighted by Crippen LogP contribution is -2.67. The van der Waals surface area contributed by atoms with E-state index in [0.717, 1.165) is 0 Å². The Morgan fingerprint density at radius 1 is 0.317 bits per heavy atom. The van der Waals surface area contributed by atoms with Gasteiger partial charge in [-0.15, -0.1) is 0 Å². The fourth-order valence-corrected chi connectivity index (χ4v) is 5.46. The van der Waals surface area contributed by atoms with E-state index in [9.17, 15) is 38.4 Å². The van der Waals surface area contributed by atoms with E-state index in [1.54, 1.807) is 83.1 Å². The van der Waals surface area contributed by atoms with Gasteiger partial charge in [0, 0.05) is 0 Å². The van der Waals surface area contributed by atoms with Crippen molar-refractivity contribution in [2.75, 3.05) is 13.2 Å². The van der Waals surface area contributed by atoms with E-state index in [0.29, 0.717) is 0 Å². The van der Waals surface area contributed by atoms with Gasteiger partial charge in [0.1, 0.15) is 25.4 Å². The molecule has 63 heavy (non-hydrogen) atoms. The molecular formula is C44H70O19. The van der Waals surface area contributed by atoms with Gasteiger partial charge in [0.15, 0.2) is 36.6 Å². The third-order valence-electron chi connectivity index (χ3n) is 9.52. The van der Waals surface area contributed by atoms with Gasteiger partial charge in [-0.2, -0.15) is 0 Å². The molecule has 0 aromatic rings. The zero-order chi connectivity index (χ0) is 48.2. The Labute approximate surface area is 370 Å². The van der Waals surface area contributed by atoms with E-state index in [1.807, 2.05) is 0 Å². The molecule has 0 aromatic carbocycles. The Balaban J connectivity index is 3.00. The van der Waals surface area contributed by atoms with Crippen LogP contribution in [0.15, 0.2) is 0 Å². The Kier molecular flexibility index (Phi) is 21.4. The van der Waals surface area contributed by atoms with Gasteiger partial charge in [-0.25, -0.2) is 0 Å². The third kappa shape index (κ3) is 16.0. The van der Waals surface area contributed by atoms with Crippen LogP contribution in [-0.2, 0) is 90.5 Å². The highest BCUT2D eigenvalue weighted by atomic mass is 16.8. The minimum Gasteiger partial charge on any atom is -0.463 e. The molecule has 19 nitrogen and oxygen atoms in total. The van der Waals surface area contributed by atoms with Crippen molar-refractivity contribution in [3.8, 4) is 0 Å². The predicted molar refractivity (Wildman–Crippen MR) is 218 cm³/mol. The van der Waals surface area contributed by atoms with Crippen molar-refractivity contribution in [2.24, 2.45) is 47.3 Å². The maximum Gasteiger partial charge on any atom is 0.308 e. The monoisotopic (exact) mass is 902 g/mol. The van der Waals surface area contributed by atoms with Crippen LogP contribution in [0.1, 0.15) is 111 Å². The second kappa shape index (κ2) is 24.6. The van der Waals surface area contributed by atoms with E-state index < -0.39 is 170 Å². The highest BCUT2D eigenvalue weighted by Crippen LogP contribution is 2.37. The van der Waals surface area contributed by atoms with Crippen molar-refractivity contribution in [2.45, 2.75) is 172 Å². The van der Waals surface area contributed by atoms with Crippen LogP contribution in [0.3, 0.4) is 0 Å². The summed E-state index contributed by atoms with van der Waals surface area (Å²) in [5.74, 6) is -11.9. The molecular weight excluding hydrogens is 832 g/mol. The van der Waals surface area contributed by atoms with Gasteiger partial charge in [0.2, 0.25) is 12.6 Å². The van der Waals surface area contributed by atoms with E-state index in [4.69, 9.17) is 52.1 Å². The zero-order valence-electron chi connectivity index (χ0n) is 39.6. The van der Waals surface area contributed by atoms with Gasteiger partial charge < -0.3 is 52.1 Å². The average molecular weight is 903 g/mol. The van der Waals surface area contributed by atoms with E-state index in [-0.39, 0.29) is 0 Å². The van der Waals surface area contributed by atoms with Gasteiger partial charge in [0.25, 0.3) is 0 Å². The molecule has 0 saturated carbocycles. The van der Waals surface area contributed by atoms with E-state index in [2.05, 4.69) is 0 Å². The van der Waals surface area contributed by atoms with Crippen LogP contribution in [0, 0.1) is 47.3 Å². The number of rotatable bonds is 20. The second-order valence-corrected chi connectivity index (χ2v) is 18.1. The van der Waals surface area contributed by atoms with Crippen LogP contribution in [0.2, 0.25) is 0 Å².